The Hall–Kier alpha value is -1.20. The Morgan fingerprint density at radius 2 is 2.21 bits per heavy atom. The van der Waals surface area contributed by atoms with E-state index in [1.54, 1.807) is 13.2 Å². The fourth-order valence-electron chi connectivity index (χ4n) is 1.49. The first-order valence-corrected chi connectivity index (χ1v) is 4.83. The number of nitriles is 1. The third-order valence-electron chi connectivity index (χ3n) is 2.11. The summed E-state index contributed by atoms with van der Waals surface area (Å²) in [4.78, 5) is 0. The molecule has 0 aliphatic rings. The van der Waals surface area contributed by atoms with Crippen LogP contribution in [-0.2, 0) is 12.8 Å². The Kier molecular flexibility index (Phi) is 3.79. The van der Waals surface area contributed by atoms with Crippen molar-refractivity contribution in [3.05, 3.63) is 28.3 Å². The van der Waals surface area contributed by atoms with Crippen molar-refractivity contribution in [2.24, 2.45) is 0 Å². The number of benzene rings is 1. The lowest BCUT2D eigenvalue weighted by Crippen LogP contribution is -1.96. The first-order chi connectivity index (χ1) is 6.72. The Bertz CT molecular complexity index is 368. The Morgan fingerprint density at radius 3 is 2.71 bits per heavy atom. The van der Waals surface area contributed by atoms with E-state index in [0.29, 0.717) is 11.4 Å². The summed E-state index contributed by atoms with van der Waals surface area (Å²) < 4.78 is 5.21. The molecule has 1 rings (SSSR count). The van der Waals surface area contributed by atoms with E-state index in [4.69, 9.17) is 21.6 Å². The summed E-state index contributed by atoms with van der Waals surface area (Å²) in [6, 6.07) is 5.73. The third kappa shape index (κ3) is 2.18. The van der Waals surface area contributed by atoms with Crippen LogP contribution in [0.5, 0.6) is 5.75 Å². The number of halogens is 1. The van der Waals surface area contributed by atoms with Gasteiger partial charge >= 0.3 is 0 Å². The molecule has 0 aliphatic heterocycles. The van der Waals surface area contributed by atoms with Gasteiger partial charge in [-0.05, 0) is 29.7 Å². The van der Waals surface area contributed by atoms with Gasteiger partial charge in [0.2, 0.25) is 0 Å². The highest BCUT2D eigenvalue weighted by molar-refractivity contribution is 6.30. The molecule has 3 heteroatoms. The van der Waals surface area contributed by atoms with Crippen molar-refractivity contribution in [1.82, 2.24) is 0 Å². The van der Waals surface area contributed by atoms with Crippen LogP contribution in [0.15, 0.2) is 12.1 Å². The van der Waals surface area contributed by atoms with Gasteiger partial charge in [0.25, 0.3) is 0 Å². The molecule has 74 valence electrons. The molecule has 0 aromatic heterocycles. The molecule has 0 spiro atoms. The summed E-state index contributed by atoms with van der Waals surface area (Å²) in [7, 11) is 1.61. The molecule has 0 saturated carbocycles. The molecule has 0 N–H and O–H groups in total. The number of ether oxygens (including phenoxy) is 1. The number of hydrogen-bond donors (Lipinski definition) is 0. The van der Waals surface area contributed by atoms with Crippen LogP contribution in [0.2, 0.25) is 5.02 Å². The molecule has 0 aliphatic carbocycles. The maximum absolute atomic E-state index is 8.66. The minimum Gasteiger partial charge on any atom is -0.496 e. The normalized spacial score (nSPS) is 9.57. The van der Waals surface area contributed by atoms with Gasteiger partial charge in [0.15, 0.2) is 0 Å². The summed E-state index contributed by atoms with van der Waals surface area (Å²) in [5.41, 5.74) is 2.03. The molecule has 0 unspecified atom stereocenters. The van der Waals surface area contributed by atoms with Gasteiger partial charge in [-0.2, -0.15) is 5.26 Å². The molecule has 0 bridgehead atoms. The van der Waals surface area contributed by atoms with Crippen LogP contribution in [0.4, 0.5) is 0 Å². The SMILES string of the molecule is CCc1c(CC#N)cc(Cl)cc1OC. The Labute approximate surface area is 89.1 Å². The van der Waals surface area contributed by atoms with Gasteiger partial charge in [-0.25, -0.2) is 0 Å². The largest absolute Gasteiger partial charge is 0.496 e. The molecule has 0 radical (unpaired) electrons. The summed E-state index contributed by atoms with van der Waals surface area (Å²) in [6.45, 7) is 2.03. The van der Waals surface area contributed by atoms with Gasteiger partial charge in [0.05, 0.1) is 19.6 Å². The van der Waals surface area contributed by atoms with Crippen LogP contribution in [0.1, 0.15) is 18.1 Å². The van der Waals surface area contributed by atoms with Crippen molar-refractivity contribution in [1.29, 1.82) is 5.26 Å². The van der Waals surface area contributed by atoms with E-state index in [-0.39, 0.29) is 0 Å². The monoisotopic (exact) mass is 209 g/mol. The second-order valence-corrected chi connectivity index (χ2v) is 3.37. The molecule has 0 heterocycles. The summed E-state index contributed by atoms with van der Waals surface area (Å²) >= 11 is 5.90. The van der Waals surface area contributed by atoms with E-state index < -0.39 is 0 Å². The lowest BCUT2D eigenvalue weighted by molar-refractivity contribution is 0.409. The van der Waals surface area contributed by atoms with Gasteiger partial charge < -0.3 is 4.74 Å². The zero-order valence-corrected chi connectivity index (χ0v) is 9.06. The molecular formula is C11H12ClNO. The molecule has 0 amide bonds. The second-order valence-electron chi connectivity index (χ2n) is 2.93. The lowest BCUT2D eigenvalue weighted by atomic mass is 10.0. The number of methoxy groups -OCH3 is 1. The quantitative estimate of drug-likeness (QED) is 0.767. The first kappa shape index (κ1) is 10.9. The van der Waals surface area contributed by atoms with Gasteiger partial charge in [-0.1, -0.05) is 18.5 Å². The predicted molar refractivity (Wildman–Crippen MR) is 56.7 cm³/mol. The Morgan fingerprint density at radius 1 is 1.50 bits per heavy atom. The molecule has 0 saturated heterocycles. The van der Waals surface area contributed by atoms with Crippen LogP contribution >= 0.6 is 11.6 Å². The zero-order chi connectivity index (χ0) is 10.6. The fraction of sp³-hybridized carbons (Fsp3) is 0.364. The van der Waals surface area contributed by atoms with Crippen molar-refractivity contribution < 1.29 is 4.74 Å². The Balaban J connectivity index is 3.25. The van der Waals surface area contributed by atoms with Gasteiger partial charge in [0, 0.05) is 5.02 Å². The average molecular weight is 210 g/mol. The van der Waals surface area contributed by atoms with E-state index in [2.05, 4.69) is 6.07 Å². The predicted octanol–water partition coefficient (Wildman–Crippen LogP) is 2.98. The van der Waals surface area contributed by atoms with E-state index in [9.17, 15) is 0 Å². The average Bonchev–Trinajstić information content (AvgIpc) is 2.17. The summed E-state index contributed by atoms with van der Waals surface area (Å²) in [5, 5.41) is 9.28. The smallest absolute Gasteiger partial charge is 0.123 e. The van der Waals surface area contributed by atoms with Crippen molar-refractivity contribution in [3.63, 3.8) is 0 Å². The highest BCUT2D eigenvalue weighted by Gasteiger charge is 2.08. The number of nitrogens with zero attached hydrogens (tertiary/aromatic N) is 1. The van der Waals surface area contributed by atoms with Crippen LogP contribution in [0.25, 0.3) is 0 Å². The molecule has 1 aromatic carbocycles. The van der Waals surface area contributed by atoms with Crippen LogP contribution in [0.3, 0.4) is 0 Å². The maximum atomic E-state index is 8.66. The summed E-state index contributed by atoms with van der Waals surface area (Å²) in [6.07, 6.45) is 1.22. The highest BCUT2D eigenvalue weighted by atomic mass is 35.5. The van der Waals surface area contributed by atoms with Crippen molar-refractivity contribution in [2.45, 2.75) is 19.8 Å². The van der Waals surface area contributed by atoms with Crippen LogP contribution < -0.4 is 4.74 Å². The van der Waals surface area contributed by atoms with Crippen LogP contribution in [-0.4, -0.2) is 7.11 Å². The van der Waals surface area contributed by atoms with Crippen molar-refractivity contribution in [3.8, 4) is 11.8 Å². The molecular weight excluding hydrogens is 198 g/mol. The fourth-order valence-corrected chi connectivity index (χ4v) is 1.72. The van der Waals surface area contributed by atoms with Gasteiger partial charge in [0.1, 0.15) is 5.75 Å². The third-order valence-corrected chi connectivity index (χ3v) is 2.33. The first-order valence-electron chi connectivity index (χ1n) is 4.45. The topological polar surface area (TPSA) is 33.0 Å². The molecule has 0 atom stereocenters. The van der Waals surface area contributed by atoms with E-state index in [1.165, 1.54) is 0 Å². The minimum absolute atomic E-state index is 0.375. The van der Waals surface area contributed by atoms with E-state index in [1.807, 2.05) is 13.0 Å². The summed E-state index contributed by atoms with van der Waals surface area (Å²) in [5.74, 6) is 0.769. The second kappa shape index (κ2) is 4.88. The van der Waals surface area contributed by atoms with Crippen LogP contribution in [0, 0.1) is 11.3 Å². The van der Waals surface area contributed by atoms with E-state index >= 15 is 0 Å². The van der Waals surface area contributed by atoms with Gasteiger partial charge in [-0.15, -0.1) is 0 Å². The number of hydrogen-bond acceptors (Lipinski definition) is 2. The van der Waals surface area contributed by atoms with E-state index in [0.717, 1.165) is 23.3 Å². The molecule has 14 heavy (non-hydrogen) atoms. The van der Waals surface area contributed by atoms with Crippen molar-refractivity contribution in [2.75, 3.05) is 7.11 Å². The molecule has 1 aromatic rings. The zero-order valence-electron chi connectivity index (χ0n) is 8.30. The van der Waals surface area contributed by atoms with Crippen molar-refractivity contribution >= 4 is 11.6 Å². The maximum Gasteiger partial charge on any atom is 0.123 e. The molecule has 0 fully saturated rings. The van der Waals surface area contributed by atoms with Gasteiger partial charge in [-0.3, -0.25) is 0 Å². The minimum atomic E-state index is 0.375. The number of rotatable bonds is 3. The molecule has 2 nitrogen and oxygen atoms in total. The standard InChI is InChI=1S/C11H12ClNO/c1-3-10-8(4-5-13)6-9(12)7-11(10)14-2/h6-7H,3-4H2,1-2H3. The highest BCUT2D eigenvalue weighted by Crippen LogP contribution is 2.28. The lowest BCUT2D eigenvalue weighted by Gasteiger charge is -2.11.